The molecule has 4 unspecified atom stereocenters. The topological polar surface area (TPSA) is 70.1 Å². The first-order valence-electron chi connectivity index (χ1n) is 7.35. The van der Waals surface area contributed by atoms with Crippen LogP contribution in [0.25, 0.3) is 0 Å². The molecule has 0 spiro atoms. The minimum atomic E-state index is -0.928. The van der Waals surface area contributed by atoms with E-state index in [1.165, 1.54) is 0 Å². The molecule has 0 aromatic rings. The van der Waals surface area contributed by atoms with Gasteiger partial charge in [-0.2, -0.15) is 0 Å². The van der Waals surface area contributed by atoms with Crippen LogP contribution in [0, 0.1) is 5.92 Å². The van der Waals surface area contributed by atoms with Gasteiger partial charge in [-0.25, -0.2) is 9.59 Å². The van der Waals surface area contributed by atoms with Crippen LogP contribution in [0.4, 0.5) is 4.79 Å². The predicted molar refractivity (Wildman–Crippen MR) is 81.3 cm³/mol. The van der Waals surface area contributed by atoms with E-state index in [0.29, 0.717) is 12.4 Å². The van der Waals surface area contributed by atoms with Crippen molar-refractivity contribution in [3.05, 3.63) is 0 Å². The zero-order valence-electron chi connectivity index (χ0n) is 13.0. The molecule has 2 heterocycles. The number of amides is 2. The fourth-order valence-corrected chi connectivity index (χ4v) is 4.49. The second-order valence-electron chi connectivity index (χ2n) is 6.05. The van der Waals surface area contributed by atoms with Crippen LogP contribution in [-0.2, 0) is 9.53 Å². The number of carbonyl (C=O) groups is 2. The van der Waals surface area contributed by atoms with Crippen LogP contribution >= 0.6 is 11.8 Å². The molecule has 2 rings (SSSR count). The highest BCUT2D eigenvalue weighted by molar-refractivity contribution is 8.00. The van der Waals surface area contributed by atoms with Crippen molar-refractivity contribution in [2.75, 3.05) is 19.4 Å². The third kappa shape index (κ3) is 3.13. The largest absolute Gasteiger partial charge is 0.480 e. The average molecular weight is 316 g/mol. The molecule has 1 N–H and O–H groups in total. The Morgan fingerprint density at radius 1 is 1.43 bits per heavy atom. The van der Waals surface area contributed by atoms with Gasteiger partial charge in [0.1, 0.15) is 6.04 Å². The maximum atomic E-state index is 12.8. The van der Waals surface area contributed by atoms with Crippen molar-refractivity contribution in [1.82, 2.24) is 9.80 Å². The number of thioether (sulfide) groups is 1. The smallest absolute Gasteiger partial charge is 0.327 e. The van der Waals surface area contributed by atoms with Crippen LogP contribution in [0.15, 0.2) is 0 Å². The minimum absolute atomic E-state index is 0.00464. The monoisotopic (exact) mass is 316 g/mol. The van der Waals surface area contributed by atoms with Crippen LogP contribution in [0.2, 0.25) is 0 Å². The Hall–Kier alpha value is -0.950. The molecule has 7 heteroatoms. The van der Waals surface area contributed by atoms with Crippen molar-refractivity contribution in [2.24, 2.45) is 5.92 Å². The van der Waals surface area contributed by atoms with Gasteiger partial charge < -0.3 is 14.7 Å². The molecule has 2 aliphatic heterocycles. The van der Waals surface area contributed by atoms with Gasteiger partial charge in [-0.05, 0) is 19.3 Å². The standard InChI is InChI=1S/C14H24N2O4S/c1-8(2)12-16(11(7-21-12)13(17)18)14(19)15(4)10-5-6-20-9(10)3/h8-12H,5-7H2,1-4H3,(H,17,18). The Balaban J connectivity index is 2.18. The number of aliphatic carboxylic acids is 1. The zero-order valence-corrected chi connectivity index (χ0v) is 13.8. The van der Waals surface area contributed by atoms with Crippen molar-refractivity contribution in [2.45, 2.75) is 50.8 Å². The average Bonchev–Trinajstić information content (AvgIpc) is 3.02. The van der Waals surface area contributed by atoms with E-state index in [0.717, 1.165) is 6.42 Å². The van der Waals surface area contributed by atoms with Crippen LogP contribution < -0.4 is 0 Å². The number of hydrogen-bond acceptors (Lipinski definition) is 4. The van der Waals surface area contributed by atoms with E-state index >= 15 is 0 Å². The number of likely N-dealkylation sites (N-methyl/N-ethyl adjacent to an activating group) is 1. The Morgan fingerprint density at radius 3 is 2.57 bits per heavy atom. The summed E-state index contributed by atoms with van der Waals surface area (Å²) in [5, 5.41) is 9.30. The number of carbonyl (C=O) groups excluding carboxylic acids is 1. The SMILES string of the molecule is CC(C)C1SCC(C(=O)O)N1C(=O)N(C)C1CCOC1C. The van der Waals surface area contributed by atoms with E-state index in [9.17, 15) is 14.7 Å². The van der Waals surface area contributed by atoms with Gasteiger partial charge in [-0.15, -0.1) is 11.8 Å². The summed E-state index contributed by atoms with van der Waals surface area (Å²) in [6.45, 7) is 6.63. The fraction of sp³-hybridized carbons (Fsp3) is 0.857. The predicted octanol–water partition coefficient (Wildman–Crippen LogP) is 1.70. The molecule has 4 atom stereocenters. The van der Waals surface area contributed by atoms with E-state index < -0.39 is 12.0 Å². The molecule has 0 saturated carbocycles. The number of urea groups is 1. The molecule has 120 valence electrons. The Morgan fingerprint density at radius 2 is 2.10 bits per heavy atom. The van der Waals surface area contributed by atoms with E-state index in [1.807, 2.05) is 20.8 Å². The molecule has 0 radical (unpaired) electrons. The van der Waals surface area contributed by atoms with Crippen LogP contribution in [0.1, 0.15) is 27.2 Å². The lowest BCUT2D eigenvalue weighted by molar-refractivity contribution is -0.141. The summed E-state index contributed by atoms with van der Waals surface area (Å²) in [6, 6.07) is -0.922. The summed E-state index contributed by atoms with van der Waals surface area (Å²) in [7, 11) is 1.75. The molecule has 0 aromatic heterocycles. The van der Waals surface area contributed by atoms with Gasteiger partial charge in [0.15, 0.2) is 0 Å². The Labute approximate surface area is 129 Å². The molecular formula is C14H24N2O4S. The summed E-state index contributed by atoms with van der Waals surface area (Å²) < 4.78 is 5.51. The summed E-state index contributed by atoms with van der Waals surface area (Å²) in [4.78, 5) is 27.5. The number of rotatable bonds is 3. The second-order valence-corrected chi connectivity index (χ2v) is 7.20. The summed E-state index contributed by atoms with van der Waals surface area (Å²) in [6.07, 6.45) is 0.795. The van der Waals surface area contributed by atoms with Gasteiger partial charge in [-0.3, -0.25) is 4.90 Å². The Bertz CT molecular complexity index is 418. The maximum Gasteiger partial charge on any atom is 0.327 e. The molecule has 0 bridgehead atoms. The van der Waals surface area contributed by atoms with E-state index in [-0.39, 0.29) is 29.5 Å². The zero-order chi connectivity index (χ0) is 15.7. The normalized spacial score (nSPS) is 32.7. The highest BCUT2D eigenvalue weighted by atomic mass is 32.2. The van der Waals surface area contributed by atoms with Crippen molar-refractivity contribution in [3.8, 4) is 0 Å². The fourth-order valence-electron chi connectivity index (χ4n) is 3.03. The van der Waals surface area contributed by atoms with Crippen molar-refractivity contribution in [3.63, 3.8) is 0 Å². The third-order valence-electron chi connectivity index (χ3n) is 4.25. The molecule has 2 fully saturated rings. The van der Waals surface area contributed by atoms with E-state index in [2.05, 4.69) is 0 Å². The van der Waals surface area contributed by atoms with Crippen LogP contribution in [-0.4, -0.2) is 69.9 Å². The van der Waals surface area contributed by atoms with Gasteiger partial charge in [0, 0.05) is 19.4 Å². The first-order valence-corrected chi connectivity index (χ1v) is 8.40. The van der Waals surface area contributed by atoms with Gasteiger partial charge in [-0.1, -0.05) is 13.8 Å². The second kappa shape index (κ2) is 6.44. The lowest BCUT2D eigenvalue weighted by atomic mass is 10.1. The van der Waals surface area contributed by atoms with Crippen LogP contribution in [0.3, 0.4) is 0 Å². The molecule has 2 amide bonds. The van der Waals surface area contributed by atoms with E-state index in [1.54, 1.807) is 28.6 Å². The number of carboxylic acids is 1. The number of nitrogens with zero attached hydrogens (tertiary/aromatic N) is 2. The lowest BCUT2D eigenvalue weighted by Gasteiger charge is -2.36. The van der Waals surface area contributed by atoms with Crippen molar-refractivity contribution >= 4 is 23.8 Å². The maximum absolute atomic E-state index is 12.8. The molecule has 0 aromatic carbocycles. The molecule has 6 nitrogen and oxygen atoms in total. The van der Waals surface area contributed by atoms with Gasteiger partial charge in [0.25, 0.3) is 0 Å². The van der Waals surface area contributed by atoms with Crippen LogP contribution in [0.5, 0.6) is 0 Å². The summed E-state index contributed by atoms with van der Waals surface area (Å²) >= 11 is 1.55. The first-order chi connectivity index (χ1) is 9.84. The first kappa shape index (κ1) is 16.4. The minimum Gasteiger partial charge on any atom is -0.480 e. The highest BCUT2D eigenvalue weighted by Gasteiger charge is 2.45. The molecular weight excluding hydrogens is 292 g/mol. The lowest BCUT2D eigenvalue weighted by Crippen LogP contribution is -2.55. The van der Waals surface area contributed by atoms with Gasteiger partial charge in [0.2, 0.25) is 0 Å². The quantitative estimate of drug-likeness (QED) is 0.858. The molecule has 21 heavy (non-hydrogen) atoms. The van der Waals surface area contributed by atoms with Crippen molar-refractivity contribution < 1.29 is 19.4 Å². The number of carboxylic acid groups (broad SMARTS) is 1. The molecule has 2 saturated heterocycles. The summed E-state index contributed by atoms with van der Waals surface area (Å²) in [5.74, 6) is -0.258. The van der Waals surface area contributed by atoms with Gasteiger partial charge in [0.05, 0.1) is 17.5 Å². The third-order valence-corrected chi connectivity index (χ3v) is 5.87. The Kier molecular flexibility index (Phi) is 5.03. The highest BCUT2D eigenvalue weighted by Crippen LogP contribution is 2.35. The van der Waals surface area contributed by atoms with Gasteiger partial charge >= 0.3 is 12.0 Å². The van der Waals surface area contributed by atoms with E-state index in [4.69, 9.17) is 4.74 Å². The summed E-state index contributed by atoms with van der Waals surface area (Å²) in [5.41, 5.74) is 0. The molecule has 2 aliphatic rings. The molecule has 0 aliphatic carbocycles. The number of hydrogen-bond donors (Lipinski definition) is 1. The van der Waals surface area contributed by atoms with Crippen molar-refractivity contribution in [1.29, 1.82) is 0 Å². The number of ether oxygens (including phenoxy) is 1.